The summed E-state index contributed by atoms with van der Waals surface area (Å²) in [6, 6.07) is 13.9. The highest BCUT2D eigenvalue weighted by molar-refractivity contribution is 5.97. The summed E-state index contributed by atoms with van der Waals surface area (Å²) < 4.78 is 7.52. The molecule has 0 radical (unpaired) electrons. The zero-order chi connectivity index (χ0) is 16.9. The van der Waals surface area contributed by atoms with Crippen LogP contribution in [0, 0.1) is 0 Å². The van der Waals surface area contributed by atoms with Crippen LogP contribution in [0.1, 0.15) is 26.3 Å². The topological polar surface area (TPSA) is 44.1 Å². The average Bonchev–Trinajstić information content (AvgIpc) is 3.02. The molecule has 0 unspecified atom stereocenters. The lowest BCUT2D eigenvalue weighted by molar-refractivity contribution is 0.356. The van der Waals surface area contributed by atoms with Crippen molar-refractivity contribution >= 4 is 10.9 Å². The fourth-order valence-corrected chi connectivity index (χ4v) is 3.47. The highest BCUT2D eigenvalue weighted by Crippen LogP contribution is 2.37. The number of fused-ring (bicyclic) bond motifs is 3. The van der Waals surface area contributed by atoms with Crippen LogP contribution in [0.4, 0.5) is 0 Å². The smallest absolute Gasteiger partial charge is 0.349 e. The Morgan fingerprint density at radius 3 is 2.54 bits per heavy atom. The highest BCUT2D eigenvalue weighted by atomic mass is 16.5. The molecule has 0 spiro atoms. The first-order valence-electron chi connectivity index (χ1n) is 8.24. The van der Waals surface area contributed by atoms with Crippen molar-refractivity contribution < 1.29 is 4.74 Å². The second kappa shape index (κ2) is 5.20. The summed E-state index contributed by atoms with van der Waals surface area (Å²) in [6.45, 7) is 6.77. The standard InChI is InChI=1S/C20H20N2O2/c1-20(2,3)22-15-9-10-16-14(11-12-24-16)17(15)18(21-19(22)23)13-7-5-4-6-8-13/h4-10H,11-12H2,1-3H3. The lowest BCUT2D eigenvalue weighted by atomic mass is 9.98. The van der Waals surface area contributed by atoms with Crippen molar-refractivity contribution in [3.05, 3.63) is 58.5 Å². The van der Waals surface area contributed by atoms with Gasteiger partial charge in [0.2, 0.25) is 0 Å². The van der Waals surface area contributed by atoms with Gasteiger partial charge in [-0.1, -0.05) is 30.3 Å². The number of hydrogen-bond donors (Lipinski definition) is 0. The number of benzene rings is 2. The first-order chi connectivity index (χ1) is 11.5. The van der Waals surface area contributed by atoms with E-state index in [0.717, 1.165) is 39.9 Å². The van der Waals surface area contributed by atoms with Gasteiger partial charge in [0.15, 0.2) is 0 Å². The molecule has 2 heterocycles. The Kier molecular flexibility index (Phi) is 3.23. The van der Waals surface area contributed by atoms with E-state index in [4.69, 9.17) is 4.74 Å². The van der Waals surface area contributed by atoms with Gasteiger partial charge in [0.05, 0.1) is 17.8 Å². The minimum Gasteiger partial charge on any atom is -0.493 e. The summed E-state index contributed by atoms with van der Waals surface area (Å²) in [5.74, 6) is 0.903. The maximum atomic E-state index is 12.8. The summed E-state index contributed by atoms with van der Waals surface area (Å²) in [4.78, 5) is 17.3. The van der Waals surface area contributed by atoms with E-state index >= 15 is 0 Å². The van der Waals surface area contributed by atoms with Crippen molar-refractivity contribution in [2.75, 3.05) is 6.61 Å². The van der Waals surface area contributed by atoms with E-state index in [-0.39, 0.29) is 11.2 Å². The molecule has 1 aliphatic rings. The van der Waals surface area contributed by atoms with Gasteiger partial charge in [0, 0.05) is 28.5 Å². The summed E-state index contributed by atoms with van der Waals surface area (Å²) in [7, 11) is 0. The zero-order valence-electron chi connectivity index (χ0n) is 14.2. The molecule has 0 bridgehead atoms. The average molecular weight is 320 g/mol. The normalized spacial score (nSPS) is 13.8. The first-order valence-corrected chi connectivity index (χ1v) is 8.24. The van der Waals surface area contributed by atoms with Crippen LogP contribution in [-0.4, -0.2) is 16.2 Å². The van der Waals surface area contributed by atoms with Crippen molar-refractivity contribution in [2.45, 2.75) is 32.7 Å². The molecule has 4 rings (SSSR count). The molecule has 2 aromatic carbocycles. The fraction of sp³-hybridized carbons (Fsp3) is 0.300. The van der Waals surface area contributed by atoms with Gasteiger partial charge in [-0.3, -0.25) is 4.57 Å². The van der Waals surface area contributed by atoms with E-state index in [1.165, 1.54) is 0 Å². The molecule has 4 nitrogen and oxygen atoms in total. The molecule has 0 N–H and O–H groups in total. The monoisotopic (exact) mass is 320 g/mol. The van der Waals surface area contributed by atoms with E-state index < -0.39 is 0 Å². The molecule has 0 saturated carbocycles. The minimum atomic E-state index is -0.342. The van der Waals surface area contributed by atoms with Crippen LogP contribution >= 0.6 is 0 Å². The molecule has 0 aliphatic carbocycles. The van der Waals surface area contributed by atoms with Crippen LogP contribution in [0.5, 0.6) is 5.75 Å². The van der Waals surface area contributed by atoms with E-state index in [0.29, 0.717) is 6.61 Å². The molecular weight excluding hydrogens is 300 g/mol. The van der Waals surface area contributed by atoms with Crippen LogP contribution in [0.15, 0.2) is 47.3 Å². The first kappa shape index (κ1) is 14.9. The summed E-state index contributed by atoms with van der Waals surface area (Å²) >= 11 is 0. The zero-order valence-corrected chi connectivity index (χ0v) is 14.2. The lowest BCUT2D eigenvalue weighted by Gasteiger charge is -2.25. The van der Waals surface area contributed by atoms with E-state index in [1.54, 1.807) is 4.57 Å². The second-order valence-electron chi connectivity index (χ2n) is 7.15. The van der Waals surface area contributed by atoms with Crippen molar-refractivity contribution in [2.24, 2.45) is 0 Å². The molecule has 4 heteroatoms. The van der Waals surface area contributed by atoms with E-state index in [9.17, 15) is 4.79 Å². The third-order valence-corrected chi connectivity index (χ3v) is 4.45. The number of ether oxygens (including phenoxy) is 1. The van der Waals surface area contributed by atoms with Gasteiger partial charge in [-0.2, -0.15) is 4.98 Å². The van der Waals surface area contributed by atoms with Crippen molar-refractivity contribution in [3.8, 4) is 17.0 Å². The molecule has 0 fully saturated rings. The fourth-order valence-electron chi connectivity index (χ4n) is 3.47. The predicted octanol–water partition coefficient (Wildman–Crippen LogP) is 3.75. The molecule has 0 atom stereocenters. The summed E-state index contributed by atoms with van der Waals surface area (Å²) in [5, 5.41) is 1.03. The van der Waals surface area contributed by atoms with Gasteiger partial charge in [0.25, 0.3) is 0 Å². The molecule has 1 aromatic heterocycles. The van der Waals surface area contributed by atoms with Crippen LogP contribution in [-0.2, 0) is 12.0 Å². The largest absolute Gasteiger partial charge is 0.493 e. The van der Waals surface area contributed by atoms with Gasteiger partial charge in [-0.25, -0.2) is 4.79 Å². The molecular formula is C20H20N2O2. The molecule has 122 valence electrons. The van der Waals surface area contributed by atoms with Gasteiger partial charge in [0.1, 0.15) is 5.75 Å². The summed E-state index contributed by atoms with van der Waals surface area (Å²) in [5.41, 5.74) is 3.22. The predicted molar refractivity (Wildman–Crippen MR) is 95.6 cm³/mol. The molecule has 3 aromatic rings. The maximum Gasteiger partial charge on any atom is 0.349 e. The van der Waals surface area contributed by atoms with Crippen molar-refractivity contribution in [3.63, 3.8) is 0 Å². The van der Waals surface area contributed by atoms with Crippen molar-refractivity contribution in [1.82, 2.24) is 9.55 Å². The Balaban J connectivity index is 2.19. The Labute approximate surface area is 140 Å². The van der Waals surface area contributed by atoms with E-state index in [1.807, 2.05) is 63.2 Å². The number of rotatable bonds is 1. The Hall–Kier alpha value is -2.62. The van der Waals surface area contributed by atoms with Crippen LogP contribution in [0.25, 0.3) is 22.2 Å². The lowest BCUT2D eigenvalue weighted by Crippen LogP contribution is -2.36. The number of hydrogen-bond acceptors (Lipinski definition) is 3. The van der Waals surface area contributed by atoms with Crippen LogP contribution in [0.2, 0.25) is 0 Å². The Bertz CT molecular complexity index is 982. The minimum absolute atomic E-state index is 0.215. The van der Waals surface area contributed by atoms with Crippen LogP contribution < -0.4 is 10.4 Å². The van der Waals surface area contributed by atoms with Crippen LogP contribution in [0.3, 0.4) is 0 Å². The van der Waals surface area contributed by atoms with Gasteiger partial charge >= 0.3 is 5.69 Å². The Morgan fingerprint density at radius 1 is 1.08 bits per heavy atom. The number of nitrogens with zero attached hydrogens (tertiary/aromatic N) is 2. The molecule has 0 amide bonds. The third-order valence-electron chi connectivity index (χ3n) is 4.45. The Morgan fingerprint density at radius 2 is 1.83 bits per heavy atom. The SMILES string of the molecule is CC(C)(C)n1c(=O)nc(-c2ccccc2)c2c3c(ccc21)OCC3. The quantitative estimate of drug-likeness (QED) is 0.686. The third kappa shape index (κ3) is 2.21. The molecule has 0 saturated heterocycles. The second-order valence-corrected chi connectivity index (χ2v) is 7.15. The molecule has 1 aliphatic heterocycles. The number of aromatic nitrogens is 2. The maximum absolute atomic E-state index is 12.8. The highest BCUT2D eigenvalue weighted by Gasteiger charge is 2.25. The van der Waals surface area contributed by atoms with E-state index in [2.05, 4.69) is 4.98 Å². The van der Waals surface area contributed by atoms with Crippen molar-refractivity contribution in [1.29, 1.82) is 0 Å². The molecule has 24 heavy (non-hydrogen) atoms. The van der Waals surface area contributed by atoms with Gasteiger partial charge in [-0.05, 0) is 32.9 Å². The van der Waals surface area contributed by atoms with Gasteiger partial charge in [-0.15, -0.1) is 0 Å². The summed E-state index contributed by atoms with van der Waals surface area (Å²) in [6.07, 6.45) is 0.844. The van der Waals surface area contributed by atoms with Gasteiger partial charge < -0.3 is 4.74 Å².